The molecular weight excluding hydrogens is 342 g/mol. The van der Waals surface area contributed by atoms with Crippen LogP contribution in [0, 0.1) is 6.92 Å². The van der Waals surface area contributed by atoms with Crippen molar-refractivity contribution >= 4 is 22.8 Å². The van der Waals surface area contributed by atoms with E-state index >= 15 is 0 Å². The first-order valence-electron chi connectivity index (χ1n) is 9.15. The van der Waals surface area contributed by atoms with Gasteiger partial charge in [-0.15, -0.1) is 5.10 Å². The van der Waals surface area contributed by atoms with Crippen LogP contribution in [0.15, 0.2) is 42.5 Å². The molecule has 27 heavy (non-hydrogen) atoms. The van der Waals surface area contributed by atoms with E-state index in [2.05, 4.69) is 40.8 Å². The minimum Gasteiger partial charge on any atom is -0.497 e. The lowest BCUT2D eigenvalue weighted by atomic mass is 10.1. The smallest absolute Gasteiger partial charge is 0.321 e. The molecule has 0 radical (unpaired) electrons. The summed E-state index contributed by atoms with van der Waals surface area (Å²) in [5.41, 5.74) is 3.89. The molecule has 2 amide bonds. The Morgan fingerprint density at radius 2 is 2.00 bits per heavy atom. The topological polar surface area (TPSA) is 72.3 Å². The van der Waals surface area contributed by atoms with Crippen LogP contribution in [0.5, 0.6) is 5.75 Å². The molecule has 2 heterocycles. The predicted octanol–water partition coefficient (Wildman–Crippen LogP) is 3.62. The fourth-order valence-corrected chi connectivity index (χ4v) is 3.54. The zero-order chi connectivity index (χ0) is 18.8. The zero-order valence-corrected chi connectivity index (χ0v) is 15.6. The highest BCUT2D eigenvalue weighted by atomic mass is 16.5. The number of benzene rings is 2. The predicted molar refractivity (Wildman–Crippen MR) is 104 cm³/mol. The number of aryl methyl sites for hydroxylation is 1. The average Bonchev–Trinajstić information content (AvgIpc) is 3.11. The zero-order valence-electron chi connectivity index (χ0n) is 15.6. The van der Waals surface area contributed by atoms with Crippen molar-refractivity contribution in [2.45, 2.75) is 25.8 Å². The number of anilines is 1. The molecule has 1 fully saturated rings. The van der Waals surface area contributed by atoms with Gasteiger partial charge in [0.05, 0.1) is 18.7 Å². The van der Waals surface area contributed by atoms with Crippen molar-refractivity contribution in [2.75, 3.05) is 25.5 Å². The fourth-order valence-electron chi connectivity index (χ4n) is 3.54. The van der Waals surface area contributed by atoms with E-state index in [0.717, 1.165) is 35.3 Å². The van der Waals surface area contributed by atoms with E-state index in [9.17, 15) is 4.79 Å². The number of aromatic nitrogens is 3. The maximum absolute atomic E-state index is 12.5. The van der Waals surface area contributed by atoms with Crippen molar-refractivity contribution < 1.29 is 9.53 Å². The van der Waals surface area contributed by atoms with Crippen LogP contribution >= 0.6 is 0 Å². The molecule has 1 saturated heterocycles. The van der Waals surface area contributed by atoms with Crippen LogP contribution in [0.25, 0.3) is 11.0 Å². The molecule has 1 N–H and O–H groups in total. The molecule has 0 spiro atoms. The van der Waals surface area contributed by atoms with E-state index in [0.29, 0.717) is 13.1 Å². The molecule has 3 aromatic rings. The number of nitrogens with one attached hydrogen (secondary N) is 1. The Hall–Kier alpha value is -3.09. The third-order valence-corrected chi connectivity index (χ3v) is 5.05. The third-order valence-electron chi connectivity index (χ3n) is 5.05. The van der Waals surface area contributed by atoms with Crippen molar-refractivity contribution in [3.8, 4) is 5.75 Å². The number of amides is 2. The normalized spacial score (nSPS) is 15.1. The van der Waals surface area contributed by atoms with E-state index in [1.165, 1.54) is 5.56 Å². The molecule has 0 aliphatic carbocycles. The van der Waals surface area contributed by atoms with Gasteiger partial charge in [-0.3, -0.25) is 0 Å². The highest BCUT2D eigenvalue weighted by Crippen LogP contribution is 2.26. The van der Waals surface area contributed by atoms with E-state index in [-0.39, 0.29) is 12.1 Å². The van der Waals surface area contributed by atoms with Crippen molar-refractivity contribution in [3.05, 3.63) is 48.0 Å². The lowest BCUT2D eigenvalue weighted by Gasteiger charge is -2.32. The molecule has 7 heteroatoms. The number of likely N-dealkylation sites (tertiary alicyclic amines) is 1. The minimum atomic E-state index is -0.0826. The van der Waals surface area contributed by atoms with Gasteiger partial charge in [-0.25, -0.2) is 9.48 Å². The van der Waals surface area contributed by atoms with Gasteiger partial charge in [0.15, 0.2) is 0 Å². The SMILES string of the molecule is COc1cccc(NC(=O)N2CCC(n3nnc4cc(C)ccc43)CC2)c1. The summed E-state index contributed by atoms with van der Waals surface area (Å²) in [7, 11) is 1.61. The molecular formula is C20H23N5O2. The Morgan fingerprint density at radius 1 is 1.19 bits per heavy atom. The molecule has 1 aromatic heterocycles. The van der Waals surface area contributed by atoms with Crippen LogP contribution in [0.4, 0.5) is 10.5 Å². The van der Waals surface area contributed by atoms with E-state index in [4.69, 9.17) is 4.74 Å². The summed E-state index contributed by atoms with van der Waals surface area (Å²) >= 11 is 0. The van der Waals surface area contributed by atoms with E-state index < -0.39 is 0 Å². The Morgan fingerprint density at radius 3 is 2.78 bits per heavy atom. The van der Waals surface area contributed by atoms with Gasteiger partial charge in [0.2, 0.25) is 0 Å². The van der Waals surface area contributed by atoms with E-state index in [1.54, 1.807) is 7.11 Å². The van der Waals surface area contributed by atoms with Crippen LogP contribution < -0.4 is 10.1 Å². The Kier molecular flexibility index (Phi) is 4.66. The number of piperidine rings is 1. The van der Waals surface area contributed by atoms with Crippen LogP contribution in [-0.2, 0) is 0 Å². The van der Waals surface area contributed by atoms with Crippen molar-refractivity contribution in [1.82, 2.24) is 19.9 Å². The van der Waals surface area contributed by atoms with Gasteiger partial charge in [0.1, 0.15) is 11.3 Å². The van der Waals surface area contributed by atoms with Crippen molar-refractivity contribution in [2.24, 2.45) is 0 Å². The monoisotopic (exact) mass is 365 g/mol. The Balaban J connectivity index is 1.40. The Labute approximate surface area is 157 Å². The average molecular weight is 365 g/mol. The molecule has 2 aromatic carbocycles. The molecule has 4 rings (SSSR count). The maximum atomic E-state index is 12.5. The number of methoxy groups -OCH3 is 1. The summed E-state index contributed by atoms with van der Waals surface area (Å²) in [5, 5.41) is 11.6. The van der Waals surface area contributed by atoms with Crippen LogP contribution in [0.2, 0.25) is 0 Å². The summed E-state index contributed by atoms with van der Waals surface area (Å²) < 4.78 is 7.21. The summed E-state index contributed by atoms with van der Waals surface area (Å²) in [6.45, 7) is 3.43. The number of hydrogen-bond acceptors (Lipinski definition) is 4. The molecule has 0 bridgehead atoms. The molecule has 140 valence electrons. The number of fused-ring (bicyclic) bond motifs is 1. The van der Waals surface area contributed by atoms with Gasteiger partial charge in [-0.05, 0) is 49.6 Å². The van der Waals surface area contributed by atoms with Crippen LogP contribution in [-0.4, -0.2) is 46.1 Å². The lowest BCUT2D eigenvalue weighted by molar-refractivity contribution is 0.181. The van der Waals surface area contributed by atoms with Crippen LogP contribution in [0.1, 0.15) is 24.4 Å². The fraction of sp³-hybridized carbons (Fsp3) is 0.350. The number of urea groups is 1. The largest absolute Gasteiger partial charge is 0.497 e. The second kappa shape index (κ2) is 7.26. The minimum absolute atomic E-state index is 0.0826. The summed E-state index contributed by atoms with van der Waals surface area (Å²) in [4.78, 5) is 14.4. The third kappa shape index (κ3) is 3.58. The summed E-state index contributed by atoms with van der Waals surface area (Å²) in [6.07, 6.45) is 1.72. The van der Waals surface area contributed by atoms with Gasteiger partial charge >= 0.3 is 6.03 Å². The summed E-state index contributed by atoms with van der Waals surface area (Å²) in [5.74, 6) is 0.722. The number of carbonyl (C=O) groups excluding carboxylic acids is 1. The van der Waals surface area contributed by atoms with Gasteiger partial charge in [0, 0.05) is 24.8 Å². The number of ether oxygens (including phenoxy) is 1. The first-order valence-corrected chi connectivity index (χ1v) is 9.15. The highest BCUT2D eigenvalue weighted by Gasteiger charge is 2.25. The van der Waals surface area contributed by atoms with Gasteiger partial charge < -0.3 is 15.0 Å². The molecule has 7 nitrogen and oxygen atoms in total. The molecule has 1 aliphatic rings. The first-order chi connectivity index (χ1) is 13.1. The number of hydrogen-bond donors (Lipinski definition) is 1. The first kappa shape index (κ1) is 17.3. The summed E-state index contributed by atoms with van der Waals surface area (Å²) in [6, 6.07) is 13.8. The highest BCUT2D eigenvalue weighted by molar-refractivity contribution is 5.89. The standard InChI is InChI=1S/C20H23N5O2/c1-14-6-7-19-18(12-14)22-23-25(19)16-8-10-24(11-9-16)20(26)21-15-4-3-5-17(13-15)27-2/h3-7,12-13,16H,8-11H2,1-2H3,(H,21,26). The van der Waals surface area contributed by atoms with Gasteiger partial charge in [0.25, 0.3) is 0 Å². The van der Waals surface area contributed by atoms with Crippen LogP contribution in [0.3, 0.4) is 0 Å². The molecule has 1 aliphatic heterocycles. The Bertz CT molecular complexity index is 960. The second-order valence-electron chi connectivity index (χ2n) is 6.91. The van der Waals surface area contributed by atoms with Gasteiger partial charge in [-0.1, -0.05) is 17.3 Å². The molecule has 0 atom stereocenters. The number of carbonyl (C=O) groups is 1. The van der Waals surface area contributed by atoms with E-state index in [1.807, 2.05) is 33.8 Å². The van der Waals surface area contributed by atoms with Crippen molar-refractivity contribution in [3.63, 3.8) is 0 Å². The number of rotatable bonds is 3. The van der Waals surface area contributed by atoms with Crippen molar-refractivity contribution in [1.29, 1.82) is 0 Å². The number of nitrogens with zero attached hydrogens (tertiary/aromatic N) is 4. The molecule has 0 unspecified atom stereocenters. The molecule has 0 saturated carbocycles. The lowest BCUT2D eigenvalue weighted by Crippen LogP contribution is -2.41. The maximum Gasteiger partial charge on any atom is 0.321 e. The van der Waals surface area contributed by atoms with Gasteiger partial charge in [-0.2, -0.15) is 0 Å². The quantitative estimate of drug-likeness (QED) is 0.769. The second-order valence-corrected chi connectivity index (χ2v) is 6.91.